The van der Waals surface area contributed by atoms with Crippen molar-refractivity contribution in [3.05, 3.63) is 47.5 Å². The van der Waals surface area contributed by atoms with Crippen LogP contribution in [0.15, 0.2) is 36.4 Å². The number of anilines is 1. The van der Waals surface area contributed by atoms with Crippen molar-refractivity contribution < 1.29 is 19.0 Å². The molecule has 114 valence electrons. The maximum Gasteiger partial charge on any atom is 0.256 e. The van der Waals surface area contributed by atoms with Gasteiger partial charge in [-0.3, -0.25) is 4.79 Å². The number of fused-ring (bicyclic) bond motifs is 1. The van der Waals surface area contributed by atoms with Crippen LogP contribution in [0.3, 0.4) is 0 Å². The monoisotopic (exact) mass is 299 g/mol. The van der Waals surface area contributed by atoms with Crippen molar-refractivity contribution in [2.24, 2.45) is 0 Å². The van der Waals surface area contributed by atoms with Crippen LogP contribution >= 0.6 is 0 Å². The van der Waals surface area contributed by atoms with Gasteiger partial charge in [0.25, 0.3) is 5.91 Å². The lowest BCUT2D eigenvalue weighted by Gasteiger charge is -2.20. The van der Waals surface area contributed by atoms with E-state index in [1.807, 2.05) is 13.0 Å². The number of amides is 1. The molecule has 1 amide bonds. The number of rotatable bonds is 3. The largest absolute Gasteiger partial charge is 0.497 e. The molecule has 0 fully saturated rings. The topological polar surface area (TPSA) is 56.8 Å². The van der Waals surface area contributed by atoms with Gasteiger partial charge in [0.2, 0.25) is 0 Å². The molecule has 2 aromatic rings. The third kappa shape index (κ3) is 2.83. The van der Waals surface area contributed by atoms with E-state index in [0.717, 1.165) is 11.3 Å². The van der Waals surface area contributed by atoms with Gasteiger partial charge < -0.3 is 19.5 Å². The summed E-state index contributed by atoms with van der Waals surface area (Å²) in [4.78, 5) is 12.4. The number of carbonyl (C=O) groups is 1. The van der Waals surface area contributed by atoms with Gasteiger partial charge in [0.05, 0.1) is 7.11 Å². The Morgan fingerprint density at radius 2 is 1.73 bits per heavy atom. The van der Waals surface area contributed by atoms with Gasteiger partial charge in [0, 0.05) is 11.3 Å². The maximum absolute atomic E-state index is 12.4. The summed E-state index contributed by atoms with van der Waals surface area (Å²) in [5.74, 6) is 1.86. The van der Waals surface area contributed by atoms with Crippen LogP contribution in [0.1, 0.15) is 15.9 Å². The Bertz CT molecular complexity index is 695. The highest BCUT2D eigenvalue weighted by atomic mass is 16.6. The van der Waals surface area contributed by atoms with Crippen molar-refractivity contribution in [1.29, 1.82) is 0 Å². The van der Waals surface area contributed by atoms with Crippen LogP contribution < -0.4 is 19.5 Å². The first-order valence-electron chi connectivity index (χ1n) is 7.03. The van der Waals surface area contributed by atoms with E-state index in [-0.39, 0.29) is 5.91 Å². The van der Waals surface area contributed by atoms with Crippen molar-refractivity contribution in [2.75, 3.05) is 25.6 Å². The number of ether oxygens (including phenoxy) is 3. The van der Waals surface area contributed by atoms with Gasteiger partial charge in [0.1, 0.15) is 19.0 Å². The van der Waals surface area contributed by atoms with Gasteiger partial charge in [0.15, 0.2) is 11.5 Å². The zero-order valence-corrected chi connectivity index (χ0v) is 12.5. The lowest BCUT2D eigenvalue weighted by atomic mass is 10.1. The highest BCUT2D eigenvalue weighted by molar-refractivity contribution is 6.05. The Kier molecular flexibility index (Phi) is 3.87. The molecule has 1 heterocycles. The van der Waals surface area contributed by atoms with E-state index in [9.17, 15) is 4.79 Å². The maximum atomic E-state index is 12.4. The summed E-state index contributed by atoms with van der Waals surface area (Å²) in [6.45, 7) is 2.90. The van der Waals surface area contributed by atoms with Crippen LogP contribution in [0.25, 0.3) is 0 Å². The Labute approximate surface area is 128 Å². The molecule has 0 saturated carbocycles. The molecular formula is C17H17NO4. The van der Waals surface area contributed by atoms with Crippen LogP contribution in [-0.2, 0) is 0 Å². The highest BCUT2D eigenvalue weighted by Gasteiger charge is 2.18. The van der Waals surface area contributed by atoms with Crippen molar-refractivity contribution in [1.82, 2.24) is 0 Å². The van der Waals surface area contributed by atoms with Gasteiger partial charge >= 0.3 is 0 Å². The van der Waals surface area contributed by atoms with Crippen LogP contribution in [0.2, 0.25) is 0 Å². The fourth-order valence-corrected chi connectivity index (χ4v) is 2.31. The minimum absolute atomic E-state index is 0.181. The predicted molar refractivity (Wildman–Crippen MR) is 83.1 cm³/mol. The quantitative estimate of drug-likeness (QED) is 0.946. The predicted octanol–water partition coefficient (Wildman–Crippen LogP) is 3.03. The summed E-state index contributed by atoms with van der Waals surface area (Å²) in [6, 6.07) is 10.7. The zero-order valence-electron chi connectivity index (χ0n) is 12.5. The molecular weight excluding hydrogens is 282 g/mol. The van der Waals surface area contributed by atoms with Crippen LogP contribution in [0.4, 0.5) is 5.69 Å². The van der Waals surface area contributed by atoms with E-state index in [4.69, 9.17) is 14.2 Å². The van der Waals surface area contributed by atoms with E-state index >= 15 is 0 Å². The fraction of sp³-hybridized carbons (Fsp3) is 0.235. The molecule has 0 radical (unpaired) electrons. The van der Waals surface area contributed by atoms with Crippen molar-refractivity contribution in [3.8, 4) is 17.2 Å². The molecule has 0 bridgehead atoms. The zero-order chi connectivity index (χ0) is 15.5. The molecule has 0 unspecified atom stereocenters. The Morgan fingerprint density at radius 1 is 1.09 bits per heavy atom. The van der Waals surface area contributed by atoms with E-state index in [1.165, 1.54) is 0 Å². The second kappa shape index (κ2) is 5.97. The molecule has 1 N–H and O–H groups in total. The van der Waals surface area contributed by atoms with E-state index in [1.54, 1.807) is 37.4 Å². The SMILES string of the molecule is COc1ccc(NC(=O)c2cc3c(cc2C)OCCO3)cc1. The number of benzene rings is 2. The van der Waals surface area contributed by atoms with Gasteiger partial charge in [-0.15, -0.1) is 0 Å². The third-order valence-corrected chi connectivity index (χ3v) is 3.48. The van der Waals surface area contributed by atoms with Crippen molar-refractivity contribution in [2.45, 2.75) is 6.92 Å². The summed E-state index contributed by atoms with van der Waals surface area (Å²) < 4.78 is 16.1. The molecule has 3 rings (SSSR count). The fourth-order valence-electron chi connectivity index (χ4n) is 2.31. The summed E-state index contributed by atoms with van der Waals surface area (Å²) in [6.07, 6.45) is 0. The number of nitrogens with one attached hydrogen (secondary N) is 1. The molecule has 0 spiro atoms. The molecule has 5 nitrogen and oxygen atoms in total. The Hall–Kier alpha value is -2.69. The lowest BCUT2D eigenvalue weighted by Crippen LogP contribution is -2.18. The molecule has 1 aliphatic rings. The first kappa shape index (κ1) is 14.3. The van der Waals surface area contributed by atoms with E-state index in [0.29, 0.717) is 36.0 Å². The number of methoxy groups -OCH3 is 1. The molecule has 0 aliphatic carbocycles. The number of hydrogen-bond acceptors (Lipinski definition) is 4. The Morgan fingerprint density at radius 3 is 2.36 bits per heavy atom. The molecule has 0 atom stereocenters. The van der Waals surface area contributed by atoms with Gasteiger partial charge in [-0.2, -0.15) is 0 Å². The number of carbonyl (C=O) groups excluding carboxylic acids is 1. The molecule has 22 heavy (non-hydrogen) atoms. The molecule has 1 aliphatic heterocycles. The summed E-state index contributed by atoms with van der Waals surface area (Å²) in [7, 11) is 1.60. The molecule has 2 aromatic carbocycles. The summed E-state index contributed by atoms with van der Waals surface area (Å²) in [5, 5.41) is 2.87. The highest BCUT2D eigenvalue weighted by Crippen LogP contribution is 2.33. The van der Waals surface area contributed by atoms with Crippen LogP contribution in [-0.4, -0.2) is 26.2 Å². The summed E-state index contributed by atoms with van der Waals surface area (Å²) in [5.41, 5.74) is 2.12. The molecule has 5 heteroatoms. The van der Waals surface area contributed by atoms with Gasteiger partial charge in [-0.05, 0) is 48.9 Å². The second-order valence-corrected chi connectivity index (χ2v) is 4.99. The standard InChI is InChI=1S/C17H17NO4/c1-11-9-15-16(22-8-7-21-15)10-14(11)17(19)18-12-3-5-13(20-2)6-4-12/h3-6,9-10H,7-8H2,1-2H3,(H,18,19). The van der Waals surface area contributed by atoms with E-state index in [2.05, 4.69) is 5.32 Å². The van der Waals surface area contributed by atoms with Gasteiger partial charge in [-0.25, -0.2) is 0 Å². The van der Waals surface area contributed by atoms with Gasteiger partial charge in [-0.1, -0.05) is 0 Å². The number of aryl methyl sites for hydroxylation is 1. The van der Waals surface area contributed by atoms with Crippen molar-refractivity contribution >= 4 is 11.6 Å². The summed E-state index contributed by atoms with van der Waals surface area (Å²) >= 11 is 0. The smallest absolute Gasteiger partial charge is 0.256 e. The minimum atomic E-state index is -0.181. The average Bonchev–Trinajstić information content (AvgIpc) is 2.54. The minimum Gasteiger partial charge on any atom is -0.497 e. The van der Waals surface area contributed by atoms with Crippen molar-refractivity contribution in [3.63, 3.8) is 0 Å². The van der Waals surface area contributed by atoms with E-state index < -0.39 is 0 Å². The first-order valence-corrected chi connectivity index (χ1v) is 7.03. The second-order valence-electron chi connectivity index (χ2n) is 4.99. The molecule has 0 aromatic heterocycles. The average molecular weight is 299 g/mol. The Balaban J connectivity index is 1.82. The first-order chi connectivity index (χ1) is 10.7. The van der Waals surface area contributed by atoms with Crippen LogP contribution in [0.5, 0.6) is 17.2 Å². The number of hydrogen-bond donors (Lipinski definition) is 1. The van der Waals surface area contributed by atoms with Crippen LogP contribution in [0, 0.1) is 6.92 Å². The third-order valence-electron chi connectivity index (χ3n) is 3.48. The lowest BCUT2D eigenvalue weighted by molar-refractivity contribution is 0.102. The molecule has 0 saturated heterocycles. The normalized spacial score (nSPS) is 12.6.